The highest BCUT2D eigenvalue weighted by molar-refractivity contribution is 4.83. The second-order valence-corrected chi connectivity index (χ2v) is 6.23. The number of rotatable bonds is 6. The molecule has 0 aromatic carbocycles. The lowest BCUT2D eigenvalue weighted by atomic mass is 10.0. The normalized spacial score (nSPS) is 24.2. The van der Waals surface area contributed by atoms with E-state index in [4.69, 9.17) is 9.47 Å². The summed E-state index contributed by atoms with van der Waals surface area (Å²) in [6.07, 6.45) is 2.78. The molecule has 2 atom stereocenters. The molecule has 1 aliphatic rings. The lowest BCUT2D eigenvalue weighted by Crippen LogP contribution is -2.53. The average Bonchev–Trinajstić information content (AvgIpc) is 2.33. The third kappa shape index (κ3) is 5.65. The molecule has 0 spiro atoms. The van der Waals surface area contributed by atoms with E-state index in [0.717, 1.165) is 26.2 Å². The Morgan fingerprint density at radius 3 is 2.61 bits per heavy atom. The Labute approximate surface area is 112 Å². The van der Waals surface area contributed by atoms with Crippen LogP contribution in [0.3, 0.4) is 0 Å². The van der Waals surface area contributed by atoms with Gasteiger partial charge in [-0.1, -0.05) is 0 Å². The van der Waals surface area contributed by atoms with Gasteiger partial charge in [-0.25, -0.2) is 0 Å². The first kappa shape index (κ1) is 15.9. The standard InChI is InChI=1S/C14H30N2O2/c1-14(2,3)15-9-12(11-17-4)16-8-6-7-13(10-16)18-5/h12-13,15H,6-11H2,1-5H3. The molecule has 1 heterocycles. The maximum Gasteiger partial charge on any atom is 0.0698 e. The smallest absolute Gasteiger partial charge is 0.0698 e. The van der Waals surface area contributed by atoms with Crippen LogP contribution >= 0.6 is 0 Å². The molecule has 0 amide bonds. The molecule has 4 heteroatoms. The SMILES string of the molecule is COCC(CNC(C)(C)C)N1CCCC(OC)C1. The molecule has 1 aliphatic heterocycles. The molecule has 4 nitrogen and oxygen atoms in total. The van der Waals surface area contributed by atoms with Crippen molar-refractivity contribution in [3.63, 3.8) is 0 Å². The minimum absolute atomic E-state index is 0.155. The van der Waals surface area contributed by atoms with Crippen LogP contribution in [0.15, 0.2) is 0 Å². The molecule has 1 rings (SSSR count). The minimum atomic E-state index is 0.155. The zero-order chi connectivity index (χ0) is 13.6. The van der Waals surface area contributed by atoms with Gasteiger partial charge in [-0.3, -0.25) is 4.90 Å². The summed E-state index contributed by atoms with van der Waals surface area (Å²) in [6, 6.07) is 0.437. The zero-order valence-corrected chi connectivity index (χ0v) is 12.7. The Morgan fingerprint density at radius 1 is 1.33 bits per heavy atom. The van der Waals surface area contributed by atoms with Crippen molar-refractivity contribution in [1.82, 2.24) is 10.2 Å². The van der Waals surface area contributed by atoms with Gasteiger partial charge in [-0.2, -0.15) is 0 Å². The summed E-state index contributed by atoms with van der Waals surface area (Å²) < 4.78 is 10.9. The van der Waals surface area contributed by atoms with E-state index in [-0.39, 0.29) is 5.54 Å². The summed E-state index contributed by atoms with van der Waals surface area (Å²) in [7, 11) is 3.59. The quantitative estimate of drug-likeness (QED) is 0.783. The summed E-state index contributed by atoms with van der Waals surface area (Å²) in [5.74, 6) is 0. The van der Waals surface area contributed by atoms with Gasteiger partial charge in [0, 0.05) is 38.9 Å². The molecule has 0 radical (unpaired) electrons. The van der Waals surface area contributed by atoms with Crippen LogP contribution < -0.4 is 5.32 Å². The zero-order valence-electron chi connectivity index (χ0n) is 12.7. The van der Waals surface area contributed by atoms with Gasteiger partial charge in [-0.15, -0.1) is 0 Å². The van der Waals surface area contributed by atoms with E-state index >= 15 is 0 Å². The highest BCUT2D eigenvalue weighted by Gasteiger charge is 2.26. The Kier molecular flexibility index (Phi) is 6.57. The summed E-state index contributed by atoms with van der Waals surface area (Å²) in [6.45, 7) is 10.5. The van der Waals surface area contributed by atoms with E-state index in [0.29, 0.717) is 12.1 Å². The number of piperidine rings is 1. The monoisotopic (exact) mass is 258 g/mol. The first-order valence-electron chi connectivity index (χ1n) is 6.97. The fourth-order valence-corrected chi connectivity index (χ4v) is 2.40. The van der Waals surface area contributed by atoms with Crippen molar-refractivity contribution < 1.29 is 9.47 Å². The third-order valence-corrected chi connectivity index (χ3v) is 3.49. The number of nitrogens with zero attached hydrogens (tertiary/aromatic N) is 1. The third-order valence-electron chi connectivity index (χ3n) is 3.49. The molecule has 0 aromatic rings. The number of hydrogen-bond acceptors (Lipinski definition) is 4. The van der Waals surface area contributed by atoms with E-state index in [2.05, 4.69) is 31.0 Å². The van der Waals surface area contributed by atoms with Crippen molar-refractivity contribution in [2.75, 3.05) is 40.5 Å². The Morgan fingerprint density at radius 2 is 2.06 bits per heavy atom. The van der Waals surface area contributed by atoms with E-state index in [1.54, 1.807) is 7.11 Å². The van der Waals surface area contributed by atoms with Crippen LogP contribution in [-0.2, 0) is 9.47 Å². The topological polar surface area (TPSA) is 33.7 Å². The van der Waals surface area contributed by atoms with Gasteiger partial charge >= 0.3 is 0 Å². The fourth-order valence-electron chi connectivity index (χ4n) is 2.40. The van der Waals surface area contributed by atoms with Crippen molar-refractivity contribution in [2.24, 2.45) is 0 Å². The predicted octanol–water partition coefficient (Wildman–Crippen LogP) is 1.50. The van der Waals surface area contributed by atoms with Crippen molar-refractivity contribution in [3.05, 3.63) is 0 Å². The second-order valence-electron chi connectivity index (χ2n) is 6.23. The predicted molar refractivity (Wildman–Crippen MR) is 75.0 cm³/mol. The summed E-state index contributed by atoms with van der Waals surface area (Å²) in [5, 5.41) is 3.57. The Hall–Kier alpha value is -0.160. The van der Waals surface area contributed by atoms with E-state index in [1.165, 1.54) is 12.8 Å². The van der Waals surface area contributed by atoms with Crippen LogP contribution in [0.2, 0.25) is 0 Å². The van der Waals surface area contributed by atoms with E-state index < -0.39 is 0 Å². The fraction of sp³-hybridized carbons (Fsp3) is 1.00. The first-order valence-corrected chi connectivity index (χ1v) is 6.97. The molecule has 2 unspecified atom stereocenters. The molecule has 0 saturated carbocycles. The minimum Gasteiger partial charge on any atom is -0.383 e. The summed E-state index contributed by atoms with van der Waals surface area (Å²) in [4.78, 5) is 2.50. The molecule has 1 N–H and O–H groups in total. The van der Waals surface area contributed by atoms with Gasteiger partial charge in [0.2, 0.25) is 0 Å². The largest absolute Gasteiger partial charge is 0.383 e. The van der Waals surface area contributed by atoms with Crippen LogP contribution in [0.5, 0.6) is 0 Å². The van der Waals surface area contributed by atoms with Gasteiger partial charge in [0.15, 0.2) is 0 Å². The summed E-state index contributed by atoms with van der Waals surface area (Å²) >= 11 is 0. The molecule has 0 bridgehead atoms. The summed E-state index contributed by atoms with van der Waals surface area (Å²) in [5.41, 5.74) is 0.155. The molecule has 0 aliphatic carbocycles. The van der Waals surface area contributed by atoms with Crippen LogP contribution in [0.25, 0.3) is 0 Å². The molecule has 0 aromatic heterocycles. The first-order chi connectivity index (χ1) is 8.46. The van der Waals surface area contributed by atoms with Crippen molar-refractivity contribution >= 4 is 0 Å². The highest BCUT2D eigenvalue weighted by Crippen LogP contribution is 2.15. The molecular formula is C14H30N2O2. The number of ether oxygens (including phenoxy) is 2. The lowest BCUT2D eigenvalue weighted by molar-refractivity contribution is -0.00327. The number of methoxy groups -OCH3 is 2. The molecule has 108 valence electrons. The van der Waals surface area contributed by atoms with Crippen LogP contribution in [0.4, 0.5) is 0 Å². The molecule has 1 saturated heterocycles. The van der Waals surface area contributed by atoms with Gasteiger partial charge in [0.05, 0.1) is 12.7 Å². The van der Waals surface area contributed by atoms with Gasteiger partial charge in [-0.05, 0) is 40.2 Å². The average molecular weight is 258 g/mol. The number of nitrogens with one attached hydrogen (secondary N) is 1. The highest BCUT2D eigenvalue weighted by atomic mass is 16.5. The van der Waals surface area contributed by atoms with Crippen molar-refractivity contribution in [1.29, 1.82) is 0 Å². The maximum atomic E-state index is 5.49. The van der Waals surface area contributed by atoms with Gasteiger partial charge in [0.25, 0.3) is 0 Å². The van der Waals surface area contributed by atoms with Gasteiger partial charge in [0.1, 0.15) is 0 Å². The number of hydrogen-bond donors (Lipinski definition) is 1. The van der Waals surface area contributed by atoms with Crippen LogP contribution in [-0.4, -0.2) is 63.0 Å². The number of likely N-dealkylation sites (tertiary alicyclic amines) is 1. The van der Waals surface area contributed by atoms with Crippen molar-refractivity contribution in [2.45, 2.75) is 51.3 Å². The van der Waals surface area contributed by atoms with Crippen LogP contribution in [0, 0.1) is 0 Å². The second kappa shape index (κ2) is 7.43. The Bertz CT molecular complexity index is 228. The van der Waals surface area contributed by atoms with E-state index in [1.807, 2.05) is 7.11 Å². The van der Waals surface area contributed by atoms with Gasteiger partial charge < -0.3 is 14.8 Å². The van der Waals surface area contributed by atoms with Crippen molar-refractivity contribution in [3.8, 4) is 0 Å². The lowest BCUT2D eigenvalue weighted by Gasteiger charge is -2.38. The van der Waals surface area contributed by atoms with Crippen LogP contribution in [0.1, 0.15) is 33.6 Å². The molecular weight excluding hydrogens is 228 g/mol. The van der Waals surface area contributed by atoms with E-state index in [9.17, 15) is 0 Å². The Balaban J connectivity index is 2.49. The maximum absolute atomic E-state index is 5.49. The molecule has 18 heavy (non-hydrogen) atoms. The molecule has 1 fully saturated rings.